The minimum Gasteiger partial charge on any atom is -0.478 e. The highest BCUT2D eigenvalue weighted by atomic mass is 127. The number of alkyl carbamates (subject to hydrolysis) is 1. The largest absolute Gasteiger partial charge is 0.478 e. The number of carboxylic acids is 1. The molecule has 0 saturated heterocycles. The van der Waals surface area contributed by atoms with E-state index in [0.29, 0.717) is 16.4 Å². The molecular formula is C22H24INO6. The van der Waals surface area contributed by atoms with E-state index in [0.717, 1.165) is 5.56 Å². The minimum absolute atomic E-state index is 0.0879. The first-order valence-electron chi connectivity index (χ1n) is 9.46. The number of rotatable bonds is 9. The highest BCUT2D eigenvalue weighted by Gasteiger charge is 2.28. The fourth-order valence-corrected chi connectivity index (χ4v) is 3.32. The average Bonchev–Trinajstić information content (AvgIpc) is 2.75. The number of carbonyl (C=O) groups is 3. The van der Waals surface area contributed by atoms with Crippen molar-refractivity contribution in [3.63, 3.8) is 0 Å². The Hall–Kier alpha value is -2.62. The number of esters is 1. The SMILES string of the molecule is CCC(C)[C@H](NC(=O)OCc1ccccc1)C(=O)Oc1ccc(C(=O)O)c(CI)c1. The second-order valence-corrected chi connectivity index (χ2v) is 7.51. The molecule has 160 valence electrons. The summed E-state index contributed by atoms with van der Waals surface area (Å²) in [5.41, 5.74) is 1.54. The van der Waals surface area contributed by atoms with Crippen molar-refractivity contribution in [2.45, 2.75) is 37.3 Å². The molecule has 8 heteroatoms. The zero-order chi connectivity index (χ0) is 22.1. The lowest BCUT2D eigenvalue weighted by molar-refractivity contribution is -0.138. The second kappa shape index (κ2) is 11.5. The zero-order valence-corrected chi connectivity index (χ0v) is 18.9. The van der Waals surface area contributed by atoms with Crippen molar-refractivity contribution in [2.24, 2.45) is 5.92 Å². The summed E-state index contributed by atoms with van der Waals surface area (Å²) in [6.07, 6.45) is -0.0781. The molecule has 30 heavy (non-hydrogen) atoms. The summed E-state index contributed by atoms with van der Waals surface area (Å²) in [6, 6.07) is 12.7. The van der Waals surface area contributed by atoms with E-state index < -0.39 is 24.1 Å². The van der Waals surface area contributed by atoms with E-state index in [-0.39, 0.29) is 23.8 Å². The molecule has 0 aromatic heterocycles. The molecule has 0 aliphatic heterocycles. The Morgan fingerprint density at radius 1 is 1.13 bits per heavy atom. The van der Waals surface area contributed by atoms with Crippen molar-refractivity contribution in [3.05, 3.63) is 65.2 Å². The van der Waals surface area contributed by atoms with Crippen molar-refractivity contribution in [1.29, 1.82) is 0 Å². The molecular weight excluding hydrogens is 501 g/mol. The van der Waals surface area contributed by atoms with Gasteiger partial charge in [-0.15, -0.1) is 0 Å². The molecule has 0 saturated carbocycles. The van der Waals surface area contributed by atoms with E-state index >= 15 is 0 Å². The summed E-state index contributed by atoms with van der Waals surface area (Å²) in [5.74, 6) is -1.64. The van der Waals surface area contributed by atoms with Gasteiger partial charge in [-0.3, -0.25) is 0 Å². The molecule has 0 fully saturated rings. The summed E-state index contributed by atoms with van der Waals surface area (Å²) >= 11 is 2.05. The smallest absolute Gasteiger partial charge is 0.408 e. The predicted octanol–water partition coefficient (Wildman–Crippen LogP) is 4.57. The molecule has 2 aromatic carbocycles. The maximum absolute atomic E-state index is 12.7. The van der Waals surface area contributed by atoms with Crippen LogP contribution in [0.15, 0.2) is 48.5 Å². The number of nitrogens with one attached hydrogen (secondary N) is 1. The topological polar surface area (TPSA) is 102 Å². The van der Waals surface area contributed by atoms with Gasteiger partial charge in [-0.1, -0.05) is 73.2 Å². The molecule has 0 aliphatic carbocycles. The van der Waals surface area contributed by atoms with E-state index in [1.54, 1.807) is 0 Å². The average molecular weight is 525 g/mol. The van der Waals surface area contributed by atoms with Crippen LogP contribution in [0, 0.1) is 5.92 Å². The number of hydrogen-bond donors (Lipinski definition) is 2. The van der Waals surface area contributed by atoms with Crippen LogP contribution in [-0.2, 0) is 20.6 Å². The highest BCUT2D eigenvalue weighted by Crippen LogP contribution is 2.22. The quantitative estimate of drug-likeness (QED) is 0.215. The van der Waals surface area contributed by atoms with Crippen LogP contribution >= 0.6 is 22.6 Å². The van der Waals surface area contributed by atoms with Gasteiger partial charge in [-0.25, -0.2) is 14.4 Å². The third-order valence-electron chi connectivity index (χ3n) is 4.62. The van der Waals surface area contributed by atoms with Crippen LogP contribution in [-0.4, -0.2) is 29.2 Å². The van der Waals surface area contributed by atoms with E-state index in [1.807, 2.05) is 66.8 Å². The van der Waals surface area contributed by atoms with E-state index in [2.05, 4.69) is 5.32 Å². The van der Waals surface area contributed by atoms with Gasteiger partial charge in [0, 0.05) is 4.43 Å². The Bertz CT molecular complexity index is 886. The predicted molar refractivity (Wildman–Crippen MR) is 120 cm³/mol. The molecule has 2 rings (SSSR count). The Morgan fingerprint density at radius 2 is 1.83 bits per heavy atom. The monoisotopic (exact) mass is 525 g/mol. The van der Waals surface area contributed by atoms with Crippen LogP contribution in [0.1, 0.15) is 41.8 Å². The van der Waals surface area contributed by atoms with Gasteiger partial charge in [-0.2, -0.15) is 0 Å². The number of aromatic carboxylic acids is 1. The molecule has 7 nitrogen and oxygen atoms in total. The Balaban J connectivity index is 2.06. The number of hydrogen-bond acceptors (Lipinski definition) is 5. The van der Waals surface area contributed by atoms with Crippen molar-refractivity contribution >= 4 is 40.6 Å². The summed E-state index contributed by atoms with van der Waals surface area (Å²) in [4.78, 5) is 36.2. The maximum Gasteiger partial charge on any atom is 0.408 e. The third-order valence-corrected chi connectivity index (χ3v) is 5.44. The fourth-order valence-electron chi connectivity index (χ4n) is 2.69. The summed E-state index contributed by atoms with van der Waals surface area (Å²) in [7, 11) is 0. The number of halogens is 1. The van der Waals surface area contributed by atoms with E-state index in [9.17, 15) is 19.5 Å². The van der Waals surface area contributed by atoms with Gasteiger partial charge in [0.2, 0.25) is 0 Å². The van der Waals surface area contributed by atoms with Crippen LogP contribution in [0.25, 0.3) is 0 Å². The van der Waals surface area contributed by atoms with Gasteiger partial charge in [0.25, 0.3) is 0 Å². The third kappa shape index (κ3) is 6.72. The van der Waals surface area contributed by atoms with Gasteiger partial charge in [-0.05, 0) is 35.2 Å². The number of ether oxygens (including phenoxy) is 2. The van der Waals surface area contributed by atoms with Crippen molar-refractivity contribution in [1.82, 2.24) is 5.32 Å². The number of carbonyl (C=O) groups excluding carboxylic acids is 2. The first kappa shape index (κ1) is 23.7. The Labute approximate surface area is 188 Å². The van der Waals surface area contributed by atoms with Crippen LogP contribution in [0.5, 0.6) is 5.75 Å². The van der Waals surface area contributed by atoms with Gasteiger partial charge >= 0.3 is 18.0 Å². The molecule has 2 N–H and O–H groups in total. The molecule has 1 amide bonds. The summed E-state index contributed by atoms with van der Waals surface area (Å²) < 4.78 is 11.1. The second-order valence-electron chi connectivity index (χ2n) is 6.75. The highest BCUT2D eigenvalue weighted by molar-refractivity contribution is 14.1. The van der Waals surface area contributed by atoms with Gasteiger partial charge in [0.05, 0.1) is 5.56 Å². The molecule has 0 bridgehead atoms. The number of alkyl halides is 1. The zero-order valence-electron chi connectivity index (χ0n) is 16.8. The minimum atomic E-state index is -1.04. The lowest BCUT2D eigenvalue weighted by atomic mass is 9.99. The van der Waals surface area contributed by atoms with Crippen molar-refractivity contribution in [2.75, 3.05) is 0 Å². The standard InChI is InChI=1S/C22H24INO6/c1-3-14(2)19(24-22(28)29-13-15-7-5-4-6-8-15)21(27)30-17-9-10-18(20(25)26)16(11-17)12-23/h4-11,14,19H,3,12-13H2,1-2H3,(H,24,28)(H,25,26)/t14?,19-/m0/s1. The Morgan fingerprint density at radius 3 is 2.43 bits per heavy atom. The fraction of sp³-hybridized carbons (Fsp3) is 0.318. The van der Waals surface area contributed by atoms with Crippen molar-refractivity contribution < 1.29 is 29.0 Å². The van der Waals surface area contributed by atoms with E-state index in [4.69, 9.17) is 9.47 Å². The summed E-state index contributed by atoms with van der Waals surface area (Å²) in [5, 5.41) is 11.8. The van der Waals surface area contributed by atoms with Crippen LogP contribution in [0.3, 0.4) is 0 Å². The number of carboxylic acid groups (broad SMARTS) is 1. The molecule has 0 radical (unpaired) electrons. The maximum atomic E-state index is 12.7. The molecule has 2 atom stereocenters. The molecule has 2 aromatic rings. The lowest BCUT2D eigenvalue weighted by Crippen LogP contribution is -2.47. The van der Waals surface area contributed by atoms with Crippen molar-refractivity contribution in [3.8, 4) is 5.75 Å². The molecule has 0 spiro atoms. The number of benzene rings is 2. The normalized spacial score (nSPS) is 12.5. The first-order valence-corrected chi connectivity index (χ1v) is 11.0. The molecule has 0 heterocycles. The summed E-state index contributed by atoms with van der Waals surface area (Å²) in [6.45, 7) is 3.82. The Kier molecular flexibility index (Phi) is 9.10. The van der Waals surface area contributed by atoms with E-state index in [1.165, 1.54) is 18.2 Å². The van der Waals surface area contributed by atoms with Gasteiger partial charge < -0.3 is 19.9 Å². The van der Waals surface area contributed by atoms with Crippen LogP contribution in [0.4, 0.5) is 4.79 Å². The first-order chi connectivity index (χ1) is 14.3. The number of amides is 1. The molecule has 1 unspecified atom stereocenters. The van der Waals surface area contributed by atoms with Crippen LogP contribution < -0.4 is 10.1 Å². The lowest BCUT2D eigenvalue weighted by Gasteiger charge is -2.22. The van der Waals surface area contributed by atoms with Gasteiger partial charge in [0.15, 0.2) is 0 Å². The van der Waals surface area contributed by atoms with Crippen LogP contribution in [0.2, 0.25) is 0 Å². The van der Waals surface area contributed by atoms with Gasteiger partial charge in [0.1, 0.15) is 18.4 Å². The molecule has 0 aliphatic rings.